The van der Waals surface area contributed by atoms with E-state index in [1.54, 1.807) is 12.3 Å². The van der Waals surface area contributed by atoms with Crippen LogP contribution < -0.4 is 10.5 Å². The van der Waals surface area contributed by atoms with Crippen LogP contribution in [0.2, 0.25) is 0 Å². The summed E-state index contributed by atoms with van der Waals surface area (Å²) in [5, 5.41) is 1.02. The van der Waals surface area contributed by atoms with Gasteiger partial charge in [0, 0.05) is 42.5 Å². The summed E-state index contributed by atoms with van der Waals surface area (Å²) in [6.45, 7) is 3.23. The molecule has 6 heteroatoms. The van der Waals surface area contributed by atoms with E-state index in [-0.39, 0.29) is 5.56 Å². The third-order valence-corrected chi connectivity index (χ3v) is 3.98. The van der Waals surface area contributed by atoms with E-state index in [1.807, 2.05) is 18.5 Å². The van der Waals surface area contributed by atoms with E-state index >= 15 is 0 Å². The minimum Gasteiger partial charge on any atom is -0.378 e. The molecule has 0 atom stereocenters. The molecule has 22 heavy (non-hydrogen) atoms. The Hall–Kier alpha value is -2.60. The SMILES string of the molecule is O=c1cc(-c2c[nH]c3ncc(N4CCOCC4)cc23)cc[nH]1. The molecule has 1 aliphatic rings. The highest BCUT2D eigenvalue weighted by atomic mass is 16.5. The van der Waals surface area contributed by atoms with Crippen LogP contribution in [0.3, 0.4) is 0 Å². The Morgan fingerprint density at radius 2 is 2.05 bits per heavy atom. The molecule has 0 radical (unpaired) electrons. The van der Waals surface area contributed by atoms with Crippen LogP contribution in [0.15, 0.2) is 41.6 Å². The van der Waals surface area contributed by atoms with Gasteiger partial charge in [-0.25, -0.2) is 4.98 Å². The van der Waals surface area contributed by atoms with Crippen molar-refractivity contribution < 1.29 is 4.74 Å². The lowest BCUT2D eigenvalue weighted by Gasteiger charge is -2.28. The predicted octanol–water partition coefficient (Wildman–Crippen LogP) is 1.75. The lowest BCUT2D eigenvalue weighted by Crippen LogP contribution is -2.36. The smallest absolute Gasteiger partial charge is 0.248 e. The molecule has 0 unspecified atom stereocenters. The zero-order chi connectivity index (χ0) is 14.9. The molecule has 3 aromatic heterocycles. The third kappa shape index (κ3) is 2.27. The van der Waals surface area contributed by atoms with Crippen LogP contribution >= 0.6 is 0 Å². The monoisotopic (exact) mass is 296 g/mol. The Morgan fingerprint density at radius 1 is 1.18 bits per heavy atom. The number of pyridine rings is 2. The second-order valence-electron chi connectivity index (χ2n) is 5.33. The number of aromatic amines is 2. The molecule has 1 fully saturated rings. The van der Waals surface area contributed by atoms with Gasteiger partial charge in [-0.1, -0.05) is 0 Å². The quantitative estimate of drug-likeness (QED) is 0.755. The average Bonchev–Trinajstić information content (AvgIpc) is 2.99. The molecule has 6 nitrogen and oxygen atoms in total. The van der Waals surface area contributed by atoms with Crippen molar-refractivity contribution in [3.8, 4) is 11.1 Å². The molecule has 0 aromatic carbocycles. The van der Waals surface area contributed by atoms with Gasteiger partial charge < -0.3 is 19.6 Å². The number of ether oxygens (including phenoxy) is 1. The summed E-state index contributed by atoms with van der Waals surface area (Å²) in [7, 11) is 0. The molecule has 4 rings (SSSR count). The molecule has 112 valence electrons. The van der Waals surface area contributed by atoms with Gasteiger partial charge in [-0.15, -0.1) is 0 Å². The lowest BCUT2D eigenvalue weighted by molar-refractivity contribution is 0.122. The van der Waals surface area contributed by atoms with E-state index < -0.39 is 0 Å². The zero-order valence-corrected chi connectivity index (χ0v) is 12.0. The van der Waals surface area contributed by atoms with Crippen molar-refractivity contribution in [1.29, 1.82) is 0 Å². The van der Waals surface area contributed by atoms with Gasteiger partial charge in [0.2, 0.25) is 5.56 Å². The number of morpholine rings is 1. The Kier molecular flexibility index (Phi) is 3.16. The first kappa shape index (κ1) is 13.1. The van der Waals surface area contributed by atoms with Gasteiger partial charge >= 0.3 is 0 Å². The summed E-state index contributed by atoms with van der Waals surface area (Å²) < 4.78 is 5.39. The molecule has 3 aromatic rings. The topological polar surface area (TPSA) is 74.0 Å². The van der Waals surface area contributed by atoms with Crippen LogP contribution in [0.5, 0.6) is 0 Å². The summed E-state index contributed by atoms with van der Waals surface area (Å²) in [5.74, 6) is 0. The summed E-state index contributed by atoms with van der Waals surface area (Å²) >= 11 is 0. The average molecular weight is 296 g/mol. The van der Waals surface area contributed by atoms with Gasteiger partial charge in [0.1, 0.15) is 5.65 Å². The normalized spacial score (nSPS) is 15.4. The van der Waals surface area contributed by atoms with Crippen molar-refractivity contribution in [2.75, 3.05) is 31.2 Å². The van der Waals surface area contributed by atoms with Crippen molar-refractivity contribution in [2.24, 2.45) is 0 Å². The first-order valence-corrected chi connectivity index (χ1v) is 7.30. The van der Waals surface area contributed by atoms with Gasteiger partial charge in [0.05, 0.1) is 25.1 Å². The number of nitrogens with one attached hydrogen (secondary N) is 2. The third-order valence-electron chi connectivity index (χ3n) is 3.98. The van der Waals surface area contributed by atoms with E-state index in [0.29, 0.717) is 0 Å². The van der Waals surface area contributed by atoms with Crippen LogP contribution in [0.1, 0.15) is 0 Å². The van der Waals surface area contributed by atoms with E-state index in [9.17, 15) is 4.79 Å². The van der Waals surface area contributed by atoms with Gasteiger partial charge in [0.15, 0.2) is 0 Å². The minimum absolute atomic E-state index is 0.107. The molecule has 1 saturated heterocycles. The number of hydrogen-bond acceptors (Lipinski definition) is 4. The Labute approximate surface area is 126 Å². The maximum atomic E-state index is 11.5. The molecular weight excluding hydrogens is 280 g/mol. The predicted molar refractivity (Wildman–Crippen MR) is 85.2 cm³/mol. The fourth-order valence-corrected chi connectivity index (χ4v) is 2.84. The fourth-order valence-electron chi connectivity index (χ4n) is 2.84. The molecule has 1 aliphatic heterocycles. The maximum Gasteiger partial charge on any atom is 0.248 e. The van der Waals surface area contributed by atoms with Gasteiger partial charge in [-0.05, 0) is 17.7 Å². The molecule has 0 saturated carbocycles. The number of aromatic nitrogens is 3. The minimum atomic E-state index is -0.107. The van der Waals surface area contributed by atoms with Gasteiger partial charge in [-0.3, -0.25) is 4.79 Å². The van der Waals surface area contributed by atoms with Crippen molar-refractivity contribution in [3.05, 3.63) is 47.1 Å². The van der Waals surface area contributed by atoms with Crippen LogP contribution in [-0.2, 0) is 4.74 Å². The molecule has 4 heterocycles. The largest absolute Gasteiger partial charge is 0.378 e. The van der Waals surface area contributed by atoms with E-state index in [4.69, 9.17) is 4.74 Å². The number of anilines is 1. The standard InChI is InChI=1S/C16H16N4O2/c21-15-7-11(1-2-17-15)14-10-19-16-13(14)8-12(9-18-16)20-3-5-22-6-4-20/h1-2,7-10H,3-6H2,(H,17,21)(H,18,19). The number of nitrogens with zero attached hydrogens (tertiary/aromatic N) is 2. The van der Waals surface area contributed by atoms with Crippen molar-refractivity contribution in [2.45, 2.75) is 0 Å². The highest BCUT2D eigenvalue weighted by Gasteiger charge is 2.14. The molecule has 0 amide bonds. The van der Waals surface area contributed by atoms with E-state index in [1.165, 1.54) is 0 Å². The number of fused-ring (bicyclic) bond motifs is 1. The van der Waals surface area contributed by atoms with Crippen LogP contribution in [0, 0.1) is 0 Å². The zero-order valence-electron chi connectivity index (χ0n) is 12.0. The first-order valence-electron chi connectivity index (χ1n) is 7.30. The van der Waals surface area contributed by atoms with Crippen molar-refractivity contribution in [1.82, 2.24) is 15.0 Å². The van der Waals surface area contributed by atoms with Crippen LogP contribution in [-0.4, -0.2) is 41.3 Å². The number of rotatable bonds is 2. The Balaban J connectivity index is 1.81. The molecule has 2 N–H and O–H groups in total. The number of hydrogen-bond donors (Lipinski definition) is 2. The van der Waals surface area contributed by atoms with Crippen LogP contribution in [0.4, 0.5) is 5.69 Å². The second-order valence-corrected chi connectivity index (χ2v) is 5.33. The summed E-state index contributed by atoms with van der Waals surface area (Å²) in [5.41, 5.74) is 3.68. The lowest BCUT2D eigenvalue weighted by atomic mass is 10.1. The van der Waals surface area contributed by atoms with Gasteiger partial charge in [0.25, 0.3) is 0 Å². The van der Waals surface area contributed by atoms with E-state index in [2.05, 4.69) is 25.9 Å². The summed E-state index contributed by atoms with van der Waals surface area (Å²) in [4.78, 5) is 24.1. The maximum absolute atomic E-state index is 11.5. The molecule has 0 spiro atoms. The Bertz CT molecular complexity index is 862. The van der Waals surface area contributed by atoms with E-state index in [0.717, 1.165) is 54.2 Å². The number of H-pyrrole nitrogens is 2. The second kappa shape index (κ2) is 5.31. The molecule has 0 aliphatic carbocycles. The molecule has 0 bridgehead atoms. The van der Waals surface area contributed by atoms with Crippen molar-refractivity contribution in [3.63, 3.8) is 0 Å². The fraction of sp³-hybridized carbons (Fsp3) is 0.250. The van der Waals surface area contributed by atoms with Crippen molar-refractivity contribution >= 4 is 16.7 Å². The van der Waals surface area contributed by atoms with Crippen LogP contribution in [0.25, 0.3) is 22.2 Å². The van der Waals surface area contributed by atoms with Gasteiger partial charge in [-0.2, -0.15) is 0 Å². The summed E-state index contributed by atoms with van der Waals surface area (Å²) in [6, 6.07) is 5.62. The highest BCUT2D eigenvalue weighted by molar-refractivity contribution is 5.95. The summed E-state index contributed by atoms with van der Waals surface area (Å²) in [6.07, 6.45) is 5.44. The molecular formula is C16H16N4O2. The highest BCUT2D eigenvalue weighted by Crippen LogP contribution is 2.29. The Morgan fingerprint density at radius 3 is 2.86 bits per heavy atom. The first-order chi connectivity index (χ1) is 10.8.